The molecule has 3 amide bonds. The summed E-state index contributed by atoms with van der Waals surface area (Å²) in [6.07, 6.45) is 4.06. The monoisotopic (exact) mass is 413 g/mol. The lowest BCUT2D eigenvalue weighted by molar-refractivity contribution is -0.141. The second-order valence-corrected chi connectivity index (χ2v) is 8.24. The molecule has 0 saturated heterocycles. The number of nitrogens with one attached hydrogen (secondary N) is 2. The number of urea groups is 1. The Morgan fingerprint density at radius 1 is 1.17 bits per heavy atom. The van der Waals surface area contributed by atoms with E-state index in [0.29, 0.717) is 27.9 Å². The van der Waals surface area contributed by atoms with Gasteiger partial charge in [0.2, 0.25) is 0 Å². The summed E-state index contributed by atoms with van der Waals surface area (Å²) in [5, 5.41) is 18.1. The maximum Gasteiger partial charge on any atom is 0.329 e. The third-order valence-corrected chi connectivity index (χ3v) is 6.15. The van der Waals surface area contributed by atoms with E-state index in [9.17, 15) is 14.7 Å². The van der Waals surface area contributed by atoms with E-state index in [1.54, 1.807) is 48.5 Å². The van der Waals surface area contributed by atoms with Crippen molar-refractivity contribution in [3.8, 4) is 0 Å². The Labute approximate surface area is 174 Å². The fraction of sp³-hybridized carbons (Fsp3) is 0.364. The highest BCUT2D eigenvalue weighted by atomic mass is 35.5. The highest BCUT2D eigenvalue weighted by Crippen LogP contribution is 2.40. The van der Waals surface area contributed by atoms with Crippen LogP contribution in [-0.4, -0.2) is 23.1 Å². The average molecular weight is 414 g/mol. The number of hydrogen-bond donors (Lipinski definition) is 3. The van der Waals surface area contributed by atoms with Crippen LogP contribution in [0.25, 0.3) is 0 Å². The molecule has 152 valence electrons. The van der Waals surface area contributed by atoms with Crippen molar-refractivity contribution in [2.45, 2.75) is 44.4 Å². The van der Waals surface area contributed by atoms with E-state index < -0.39 is 17.7 Å². The van der Waals surface area contributed by atoms with Gasteiger partial charge in [0.15, 0.2) is 0 Å². The number of nitrogens with zero attached hydrogens (tertiary/aromatic N) is 1. The molecule has 7 heteroatoms. The lowest BCUT2D eigenvalue weighted by atomic mass is 9.85. The third kappa shape index (κ3) is 3.47. The van der Waals surface area contributed by atoms with Crippen molar-refractivity contribution in [1.29, 1.82) is 0 Å². The van der Waals surface area contributed by atoms with Crippen molar-refractivity contribution in [2.24, 2.45) is 5.92 Å². The van der Waals surface area contributed by atoms with Crippen LogP contribution >= 0.6 is 11.6 Å². The molecule has 0 unspecified atom stereocenters. The number of fused-ring (bicyclic) bond motifs is 1. The molecule has 0 spiro atoms. The molecular weight excluding hydrogens is 390 g/mol. The van der Waals surface area contributed by atoms with Crippen molar-refractivity contribution < 1.29 is 14.7 Å². The summed E-state index contributed by atoms with van der Waals surface area (Å²) in [6.45, 7) is 2.10. The molecule has 29 heavy (non-hydrogen) atoms. The molecule has 4 rings (SSSR count). The number of halogens is 1. The summed E-state index contributed by atoms with van der Waals surface area (Å²) in [4.78, 5) is 27.5. The van der Waals surface area contributed by atoms with Crippen LogP contribution in [0.4, 0.5) is 16.2 Å². The van der Waals surface area contributed by atoms with Crippen LogP contribution < -0.4 is 15.5 Å². The SMILES string of the molecule is C[C@H]1CCCC[C@@H]1NC(=O)[C@@]1(O)c2ccccc2NC(=O)N1c1ccc(Cl)cc1. The number of benzene rings is 2. The Morgan fingerprint density at radius 2 is 1.86 bits per heavy atom. The van der Waals surface area contributed by atoms with Gasteiger partial charge in [0, 0.05) is 22.3 Å². The van der Waals surface area contributed by atoms with E-state index in [4.69, 9.17) is 11.6 Å². The number of carbonyl (C=O) groups is 2. The average Bonchev–Trinajstić information content (AvgIpc) is 2.71. The highest BCUT2D eigenvalue weighted by molar-refractivity contribution is 6.30. The molecule has 0 aromatic heterocycles. The van der Waals surface area contributed by atoms with E-state index in [-0.39, 0.29) is 6.04 Å². The first-order chi connectivity index (χ1) is 13.9. The zero-order valence-electron chi connectivity index (χ0n) is 16.2. The second kappa shape index (κ2) is 7.69. The van der Waals surface area contributed by atoms with Crippen LogP contribution in [-0.2, 0) is 10.5 Å². The summed E-state index contributed by atoms with van der Waals surface area (Å²) >= 11 is 5.99. The van der Waals surface area contributed by atoms with Gasteiger partial charge in [0.25, 0.3) is 11.6 Å². The van der Waals surface area contributed by atoms with Gasteiger partial charge < -0.3 is 15.7 Å². The Bertz CT molecular complexity index is 933. The van der Waals surface area contributed by atoms with Gasteiger partial charge in [-0.2, -0.15) is 0 Å². The van der Waals surface area contributed by atoms with Crippen molar-refractivity contribution in [2.75, 3.05) is 10.2 Å². The Balaban J connectivity index is 1.78. The molecule has 3 atom stereocenters. The predicted octanol–water partition coefficient (Wildman–Crippen LogP) is 4.23. The van der Waals surface area contributed by atoms with Crippen LogP contribution in [0.15, 0.2) is 48.5 Å². The molecule has 1 aliphatic carbocycles. The number of carbonyl (C=O) groups excluding carboxylic acids is 2. The van der Waals surface area contributed by atoms with E-state index >= 15 is 0 Å². The van der Waals surface area contributed by atoms with Gasteiger partial charge in [0.05, 0.1) is 5.69 Å². The number of para-hydroxylation sites is 1. The molecule has 3 N–H and O–H groups in total. The number of rotatable bonds is 3. The van der Waals surface area contributed by atoms with Crippen LogP contribution in [0, 0.1) is 5.92 Å². The van der Waals surface area contributed by atoms with Crippen LogP contribution in [0.1, 0.15) is 38.2 Å². The minimum Gasteiger partial charge on any atom is -0.359 e. The van der Waals surface area contributed by atoms with Crippen molar-refractivity contribution in [3.05, 3.63) is 59.1 Å². The van der Waals surface area contributed by atoms with Crippen LogP contribution in [0.5, 0.6) is 0 Å². The molecule has 1 fully saturated rings. The van der Waals surface area contributed by atoms with E-state index in [1.807, 2.05) is 0 Å². The third-order valence-electron chi connectivity index (χ3n) is 5.90. The summed E-state index contributed by atoms with van der Waals surface area (Å²) in [5.74, 6) is -0.290. The zero-order valence-corrected chi connectivity index (χ0v) is 16.9. The van der Waals surface area contributed by atoms with Gasteiger partial charge in [-0.1, -0.05) is 49.6 Å². The van der Waals surface area contributed by atoms with Gasteiger partial charge in [-0.25, -0.2) is 4.79 Å². The van der Waals surface area contributed by atoms with Crippen molar-refractivity contribution in [1.82, 2.24) is 5.32 Å². The number of amides is 3. The minimum absolute atomic E-state index is 0.0375. The number of anilines is 2. The van der Waals surface area contributed by atoms with E-state index in [0.717, 1.165) is 30.6 Å². The molecule has 1 saturated carbocycles. The van der Waals surface area contributed by atoms with E-state index in [2.05, 4.69) is 17.6 Å². The molecular formula is C22H24ClN3O3. The maximum absolute atomic E-state index is 13.5. The Kier molecular flexibility index (Phi) is 5.23. The van der Waals surface area contributed by atoms with Gasteiger partial charge in [-0.15, -0.1) is 0 Å². The predicted molar refractivity (Wildman–Crippen MR) is 113 cm³/mol. The van der Waals surface area contributed by atoms with E-state index in [1.165, 1.54) is 0 Å². The van der Waals surface area contributed by atoms with Gasteiger partial charge in [0.1, 0.15) is 0 Å². The summed E-state index contributed by atoms with van der Waals surface area (Å²) in [7, 11) is 0. The lowest BCUT2D eigenvalue weighted by Gasteiger charge is -2.44. The Morgan fingerprint density at radius 3 is 2.59 bits per heavy atom. The first kappa shape index (κ1) is 19.7. The second-order valence-electron chi connectivity index (χ2n) is 7.80. The minimum atomic E-state index is -2.18. The van der Waals surface area contributed by atoms with Gasteiger partial charge in [-0.05, 0) is 49.1 Å². The fourth-order valence-electron chi connectivity index (χ4n) is 4.25. The highest BCUT2D eigenvalue weighted by Gasteiger charge is 2.52. The molecule has 0 radical (unpaired) electrons. The molecule has 2 aromatic carbocycles. The summed E-state index contributed by atoms with van der Waals surface area (Å²) in [5.41, 5.74) is -1.06. The van der Waals surface area contributed by atoms with Crippen LogP contribution in [0.3, 0.4) is 0 Å². The smallest absolute Gasteiger partial charge is 0.329 e. The molecule has 6 nitrogen and oxygen atoms in total. The molecule has 2 aliphatic rings. The fourth-order valence-corrected chi connectivity index (χ4v) is 4.38. The number of hydrogen-bond acceptors (Lipinski definition) is 3. The first-order valence-electron chi connectivity index (χ1n) is 9.91. The molecule has 0 bridgehead atoms. The number of aliphatic hydroxyl groups is 1. The van der Waals surface area contributed by atoms with Gasteiger partial charge >= 0.3 is 6.03 Å². The maximum atomic E-state index is 13.5. The Hall–Kier alpha value is -2.57. The lowest BCUT2D eigenvalue weighted by Crippen LogP contribution is -2.64. The summed E-state index contributed by atoms with van der Waals surface area (Å²) in [6, 6.07) is 12.6. The molecule has 2 aromatic rings. The first-order valence-corrected chi connectivity index (χ1v) is 10.3. The summed E-state index contributed by atoms with van der Waals surface area (Å²) < 4.78 is 0. The topological polar surface area (TPSA) is 81.7 Å². The normalized spacial score (nSPS) is 26.4. The standard InChI is InChI=1S/C22H24ClN3O3/c1-14-6-2-4-8-18(14)24-20(27)22(29)17-7-3-5-9-19(17)25-21(28)26(22)16-12-10-15(23)11-13-16/h3,5,7,9-14,18,29H,2,4,6,8H2,1H3,(H,24,27)(H,25,28)/t14-,18-,22-/m0/s1. The van der Waals surface area contributed by atoms with Gasteiger partial charge in [-0.3, -0.25) is 9.69 Å². The van der Waals surface area contributed by atoms with Crippen molar-refractivity contribution in [3.63, 3.8) is 0 Å². The van der Waals surface area contributed by atoms with Crippen molar-refractivity contribution >= 4 is 34.9 Å². The zero-order chi connectivity index (χ0) is 20.6. The quantitative estimate of drug-likeness (QED) is 0.704. The largest absolute Gasteiger partial charge is 0.359 e. The van der Waals surface area contributed by atoms with Crippen LogP contribution in [0.2, 0.25) is 5.02 Å². The molecule has 1 aliphatic heterocycles. The molecule has 1 heterocycles.